The van der Waals surface area contributed by atoms with Gasteiger partial charge in [0.1, 0.15) is 18.0 Å². The maximum absolute atomic E-state index is 13.7. The Balaban J connectivity index is 1.45. The largest absolute Gasteiger partial charge is 0.367 e. The molecule has 0 spiro atoms. The Kier molecular flexibility index (Phi) is 4.95. The van der Waals surface area contributed by atoms with Gasteiger partial charge in [-0.05, 0) is 68.6 Å². The monoisotopic (exact) mass is 403 g/mol. The molecule has 1 saturated carbocycles. The minimum atomic E-state index is -0.326. The highest BCUT2D eigenvalue weighted by Gasteiger charge is 2.27. The number of aromatic nitrogens is 3. The lowest BCUT2D eigenvalue weighted by Gasteiger charge is -2.33. The maximum atomic E-state index is 13.7. The number of halogens is 1. The van der Waals surface area contributed by atoms with Crippen LogP contribution < -0.4 is 5.32 Å². The molecule has 2 aromatic heterocycles. The molecule has 0 saturated heterocycles. The normalized spacial score (nSPS) is 20.1. The van der Waals surface area contributed by atoms with Gasteiger partial charge in [0.15, 0.2) is 0 Å². The Morgan fingerprint density at radius 3 is 2.60 bits per heavy atom. The van der Waals surface area contributed by atoms with Gasteiger partial charge in [0, 0.05) is 35.8 Å². The zero-order chi connectivity index (χ0) is 20.7. The summed E-state index contributed by atoms with van der Waals surface area (Å²) in [5.74, 6) is 0.592. The van der Waals surface area contributed by atoms with E-state index in [-0.39, 0.29) is 5.82 Å². The molecular formula is C24H26FN5. The van der Waals surface area contributed by atoms with E-state index in [2.05, 4.69) is 51.4 Å². The first kappa shape index (κ1) is 19.1. The lowest BCUT2D eigenvalue weighted by atomic mass is 9.90. The fourth-order valence-electron chi connectivity index (χ4n) is 4.77. The van der Waals surface area contributed by atoms with Crippen molar-refractivity contribution in [2.45, 2.75) is 44.2 Å². The van der Waals surface area contributed by atoms with Crippen LogP contribution in [0.5, 0.6) is 0 Å². The van der Waals surface area contributed by atoms with Crippen molar-refractivity contribution in [3.63, 3.8) is 0 Å². The van der Waals surface area contributed by atoms with Crippen LogP contribution in [0.3, 0.4) is 0 Å². The first-order valence-corrected chi connectivity index (χ1v) is 10.6. The Labute approximate surface area is 176 Å². The molecule has 1 N–H and O–H groups in total. The van der Waals surface area contributed by atoms with Gasteiger partial charge in [0.25, 0.3) is 0 Å². The van der Waals surface area contributed by atoms with E-state index < -0.39 is 0 Å². The van der Waals surface area contributed by atoms with Gasteiger partial charge in [0.2, 0.25) is 0 Å². The van der Waals surface area contributed by atoms with Crippen molar-refractivity contribution < 1.29 is 4.39 Å². The van der Waals surface area contributed by atoms with Gasteiger partial charge in [-0.1, -0.05) is 12.1 Å². The van der Waals surface area contributed by atoms with E-state index in [0.717, 1.165) is 53.0 Å². The fraction of sp³-hybridized carbons (Fsp3) is 0.375. The third-order valence-electron chi connectivity index (χ3n) is 6.47. The second kappa shape index (κ2) is 7.76. The van der Waals surface area contributed by atoms with Crippen molar-refractivity contribution in [1.82, 2.24) is 19.9 Å². The number of nitrogens with one attached hydrogen (secondary N) is 1. The highest BCUT2D eigenvalue weighted by Crippen LogP contribution is 2.42. The van der Waals surface area contributed by atoms with E-state index in [1.807, 2.05) is 6.07 Å². The molecule has 0 radical (unpaired) electrons. The van der Waals surface area contributed by atoms with Crippen LogP contribution in [-0.2, 0) is 6.42 Å². The Hall–Kier alpha value is -2.86. The van der Waals surface area contributed by atoms with Crippen molar-refractivity contribution in [1.29, 1.82) is 0 Å². The van der Waals surface area contributed by atoms with Gasteiger partial charge in [-0.25, -0.2) is 14.4 Å². The minimum absolute atomic E-state index is 0.326. The van der Waals surface area contributed by atoms with E-state index >= 15 is 0 Å². The Morgan fingerprint density at radius 1 is 1.00 bits per heavy atom. The van der Waals surface area contributed by atoms with Crippen molar-refractivity contribution >= 4 is 5.82 Å². The van der Waals surface area contributed by atoms with Crippen LogP contribution in [0.4, 0.5) is 10.2 Å². The lowest BCUT2D eigenvalue weighted by molar-refractivity contribution is 0.221. The summed E-state index contributed by atoms with van der Waals surface area (Å²) in [6.07, 6.45) is 10.1. The van der Waals surface area contributed by atoms with E-state index in [9.17, 15) is 4.39 Å². The highest BCUT2D eigenvalue weighted by molar-refractivity contribution is 5.86. The number of fused-ring (bicyclic) bond motifs is 3. The molecule has 2 heterocycles. The number of hydrogen-bond acceptors (Lipinski definition) is 5. The average Bonchev–Trinajstić information content (AvgIpc) is 3.13. The molecule has 1 aromatic carbocycles. The number of benzene rings is 1. The number of hydrogen-bond donors (Lipinski definition) is 1. The molecule has 154 valence electrons. The van der Waals surface area contributed by atoms with Gasteiger partial charge in [0.05, 0.1) is 11.9 Å². The summed E-state index contributed by atoms with van der Waals surface area (Å²) in [4.78, 5) is 15.5. The summed E-state index contributed by atoms with van der Waals surface area (Å²) in [6.45, 7) is 0. The fourth-order valence-corrected chi connectivity index (χ4v) is 4.77. The van der Waals surface area contributed by atoms with Crippen LogP contribution >= 0.6 is 0 Å². The molecule has 5 rings (SSSR count). The van der Waals surface area contributed by atoms with Gasteiger partial charge in [-0.2, -0.15) is 0 Å². The standard InChI is InChI=1S/C24H26FN5/c1-30(2)20-7-5-19(6-8-20)29-24-23-21-10-15(17-9-18(25)13-26-12-17)3-4-16(21)11-22(23)27-14-28-24/h3-4,9-10,12-14,19-20H,5-8,11H2,1-2H3,(H,27,28,29). The molecule has 3 aromatic rings. The quantitative estimate of drug-likeness (QED) is 0.542. The first-order valence-electron chi connectivity index (χ1n) is 10.6. The van der Waals surface area contributed by atoms with Crippen LogP contribution in [0.1, 0.15) is 36.9 Å². The van der Waals surface area contributed by atoms with Crippen LogP contribution in [0.15, 0.2) is 43.0 Å². The predicted octanol–water partition coefficient (Wildman–Crippen LogP) is 4.53. The SMILES string of the molecule is CN(C)C1CCC(Nc2ncnc3c2-c2cc(-c4cncc(F)c4)ccc2C3)CC1. The van der Waals surface area contributed by atoms with Gasteiger partial charge < -0.3 is 10.2 Å². The summed E-state index contributed by atoms with van der Waals surface area (Å²) >= 11 is 0. The van der Waals surface area contributed by atoms with Gasteiger partial charge >= 0.3 is 0 Å². The summed E-state index contributed by atoms with van der Waals surface area (Å²) in [7, 11) is 4.33. The highest BCUT2D eigenvalue weighted by atomic mass is 19.1. The van der Waals surface area contributed by atoms with Crippen LogP contribution in [0.25, 0.3) is 22.3 Å². The second-order valence-corrected chi connectivity index (χ2v) is 8.60. The third-order valence-corrected chi connectivity index (χ3v) is 6.47. The van der Waals surface area contributed by atoms with Crippen molar-refractivity contribution in [3.8, 4) is 22.3 Å². The van der Waals surface area contributed by atoms with Crippen LogP contribution in [-0.4, -0.2) is 46.0 Å². The van der Waals surface area contributed by atoms with E-state index in [0.29, 0.717) is 12.1 Å². The van der Waals surface area contributed by atoms with Crippen LogP contribution in [0, 0.1) is 5.82 Å². The summed E-state index contributed by atoms with van der Waals surface area (Å²) in [5.41, 5.74) is 6.25. The summed E-state index contributed by atoms with van der Waals surface area (Å²) in [6, 6.07) is 8.89. The minimum Gasteiger partial charge on any atom is -0.367 e. The zero-order valence-corrected chi connectivity index (χ0v) is 17.4. The maximum Gasteiger partial charge on any atom is 0.142 e. The molecule has 2 aliphatic carbocycles. The number of nitrogens with zero attached hydrogens (tertiary/aromatic N) is 4. The first-order chi connectivity index (χ1) is 14.6. The van der Waals surface area contributed by atoms with E-state index in [1.54, 1.807) is 12.5 Å². The summed E-state index contributed by atoms with van der Waals surface area (Å²) in [5, 5.41) is 3.71. The molecule has 6 heteroatoms. The molecule has 5 nitrogen and oxygen atoms in total. The average molecular weight is 404 g/mol. The molecule has 0 amide bonds. The third kappa shape index (κ3) is 3.56. The summed E-state index contributed by atoms with van der Waals surface area (Å²) < 4.78 is 13.7. The molecule has 0 unspecified atom stereocenters. The number of anilines is 1. The van der Waals surface area contributed by atoms with E-state index in [4.69, 9.17) is 0 Å². The Morgan fingerprint density at radius 2 is 1.83 bits per heavy atom. The molecule has 0 atom stereocenters. The zero-order valence-electron chi connectivity index (χ0n) is 17.4. The van der Waals surface area contributed by atoms with Crippen molar-refractivity contribution in [2.24, 2.45) is 0 Å². The smallest absolute Gasteiger partial charge is 0.142 e. The van der Waals surface area contributed by atoms with Gasteiger partial charge in [-0.3, -0.25) is 4.98 Å². The number of rotatable bonds is 4. The molecule has 30 heavy (non-hydrogen) atoms. The van der Waals surface area contributed by atoms with Crippen molar-refractivity contribution in [2.75, 3.05) is 19.4 Å². The molecule has 0 aliphatic heterocycles. The molecular weight excluding hydrogens is 377 g/mol. The Bertz CT molecular complexity index is 1070. The molecule has 2 aliphatic rings. The van der Waals surface area contributed by atoms with Crippen LogP contribution in [0.2, 0.25) is 0 Å². The topological polar surface area (TPSA) is 53.9 Å². The van der Waals surface area contributed by atoms with Gasteiger partial charge in [-0.15, -0.1) is 0 Å². The van der Waals surface area contributed by atoms with Crippen molar-refractivity contribution in [3.05, 3.63) is 60.1 Å². The van der Waals surface area contributed by atoms with E-state index in [1.165, 1.54) is 30.7 Å². The lowest BCUT2D eigenvalue weighted by Crippen LogP contribution is -2.36. The second-order valence-electron chi connectivity index (χ2n) is 8.60. The number of pyridine rings is 1. The molecule has 0 bridgehead atoms. The molecule has 1 fully saturated rings. The predicted molar refractivity (Wildman–Crippen MR) is 117 cm³/mol.